The molecule has 3 rings (SSSR count). The lowest BCUT2D eigenvalue weighted by Gasteiger charge is -2.16. The Morgan fingerprint density at radius 2 is 1.65 bits per heavy atom. The van der Waals surface area contributed by atoms with Crippen LogP contribution in [0.5, 0.6) is 0 Å². The molecule has 0 atom stereocenters. The van der Waals surface area contributed by atoms with E-state index in [4.69, 9.17) is 11.6 Å². The molecule has 0 bridgehead atoms. The van der Waals surface area contributed by atoms with Crippen LogP contribution < -0.4 is 4.72 Å². The van der Waals surface area contributed by atoms with Gasteiger partial charge in [0.1, 0.15) is 0 Å². The number of hydrogen-bond donors (Lipinski definition) is 1. The summed E-state index contributed by atoms with van der Waals surface area (Å²) in [5, 5.41) is 1.82. The van der Waals surface area contributed by atoms with E-state index in [0.29, 0.717) is 5.02 Å². The molecule has 0 aliphatic heterocycles. The molecule has 0 heterocycles. The van der Waals surface area contributed by atoms with Gasteiger partial charge in [-0.05, 0) is 54.3 Å². The van der Waals surface area contributed by atoms with E-state index in [1.807, 2.05) is 24.3 Å². The van der Waals surface area contributed by atoms with Gasteiger partial charge in [0, 0.05) is 14.9 Å². The van der Waals surface area contributed by atoms with E-state index in [0.717, 1.165) is 28.4 Å². The van der Waals surface area contributed by atoms with E-state index >= 15 is 0 Å². The van der Waals surface area contributed by atoms with Gasteiger partial charge in [0.25, 0.3) is 0 Å². The highest BCUT2D eigenvalue weighted by atomic mass is 79.9. The molecule has 23 heavy (non-hydrogen) atoms. The van der Waals surface area contributed by atoms with Crippen molar-refractivity contribution in [1.29, 1.82) is 0 Å². The molecule has 1 aliphatic carbocycles. The molecule has 1 N–H and O–H groups in total. The van der Waals surface area contributed by atoms with Crippen LogP contribution in [0.15, 0.2) is 58.4 Å². The summed E-state index contributed by atoms with van der Waals surface area (Å²) in [4.78, 5) is 0. The van der Waals surface area contributed by atoms with Crippen molar-refractivity contribution >= 4 is 43.6 Å². The molecule has 1 fully saturated rings. The Balaban J connectivity index is 1.75. The van der Waals surface area contributed by atoms with Crippen LogP contribution in [0.3, 0.4) is 0 Å². The van der Waals surface area contributed by atoms with Gasteiger partial charge in [-0.1, -0.05) is 51.8 Å². The Labute approximate surface area is 149 Å². The average Bonchev–Trinajstić information content (AvgIpc) is 3.27. The predicted octanol–water partition coefficient (Wildman–Crippen LogP) is 4.68. The quantitative estimate of drug-likeness (QED) is 0.775. The van der Waals surface area contributed by atoms with Crippen LogP contribution in [0.25, 0.3) is 6.08 Å². The smallest absolute Gasteiger partial charge is 0.208 e. The molecular weight excluding hydrogens is 398 g/mol. The first-order valence-corrected chi connectivity index (χ1v) is 9.84. The lowest BCUT2D eigenvalue weighted by atomic mass is 10.1. The SMILES string of the molecule is O=S(=O)(/C=C/c1ccc(Cl)cc1)NC1(c2ccc(Br)cc2)CC1. The van der Waals surface area contributed by atoms with E-state index in [9.17, 15) is 8.42 Å². The molecule has 0 unspecified atom stereocenters. The highest BCUT2D eigenvalue weighted by molar-refractivity contribution is 9.10. The Hall–Kier alpha value is -1.14. The van der Waals surface area contributed by atoms with E-state index in [1.54, 1.807) is 30.3 Å². The minimum absolute atomic E-state index is 0.468. The number of halogens is 2. The summed E-state index contributed by atoms with van der Waals surface area (Å²) in [6, 6.07) is 14.7. The van der Waals surface area contributed by atoms with Gasteiger partial charge in [0.2, 0.25) is 10.0 Å². The largest absolute Gasteiger partial charge is 0.234 e. The molecule has 0 aromatic heterocycles. The van der Waals surface area contributed by atoms with Gasteiger partial charge in [-0.2, -0.15) is 0 Å². The second-order valence-corrected chi connectivity index (χ2v) is 8.51. The van der Waals surface area contributed by atoms with Crippen LogP contribution in [0.1, 0.15) is 24.0 Å². The van der Waals surface area contributed by atoms with Gasteiger partial charge in [0.05, 0.1) is 5.54 Å². The van der Waals surface area contributed by atoms with Gasteiger partial charge < -0.3 is 0 Å². The molecule has 0 radical (unpaired) electrons. The minimum Gasteiger partial charge on any atom is -0.208 e. The first-order valence-electron chi connectivity index (χ1n) is 7.12. The second kappa shape index (κ2) is 6.40. The van der Waals surface area contributed by atoms with Crippen LogP contribution in [0, 0.1) is 0 Å². The van der Waals surface area contributed by atoms with E-state index in [2.05, 4.69) is 20.7 Å². The molecule has 1 saturated carbocycles. The standard InChI is InChI=1S/C17H15BrClNO2S/c18-15-5-3-14(4-6-15)17(10-11-17)20-23(21,22)12-9-13-1-7-16(19)8-2-13/h1-9,12,20H,10-11H2/b12-9+. The predicted molar refractivity (Wildman–Crippen MR) is 97.6 cm³/mol. The Bertz CT molecular complexity index is 826. The number of nitrogens with one attached hydrogen (secondary N) is 1. The van der Waals surface area contributed by atoms with Gasteiger partial charge in [-0.25, -0.2) is 13.1 Å². The topological polar surface area (TPSA) is 46.2 Å². The molecule has 6 heteroatoms. The summed E-state index contributed by atoms with van der Waals surface area (Å²) in [6.07, 6.45) is 3.18. The molecule has 0 spiro atoms. The fourth-order valence-corrected chi connectivity index (χ4v) is 4.05. The van der Waals surface area contributed by atoms with Crippen LogP contribution in [-0.2, 0) is 15.6 Å². The Kier molecular flexibility index (Phi) is 4.65. The molecule has 0 saturated heterocycles. The number of rotatable bonds is 5. The normalized spacial score (nSPS) is 16.6. The maximum absolute atomic E-state index is 12.3. The van der Waals surface area contributed by atoms with Crippen LogP contribution in [0.4, 0.5) is 0 Å². The monoisotopic (exact) mass is 411 g/mol. The van der Waals surface area contributed by atoms with E-state index < -0.39 is 15.6 Å². The van der Waals surface area contributed by atoms with Gasteiger partial charge in [0.15, 0.2) is 0 Å². The third kappa shape index (κ3) is 4.23. The zero-order chi connectivity index (χ0) is 16.5. The van der Waals surface area contributed by atoms with Crippen molar-refractivity contribution in [1.82, 2.24) is 4.72 Å². The highest BCUT2D eigenvalue weighted by Gasteiger charge is 2.46. The molecule has 1 aliphatic rings. The van der Waals surface area contributed by atoms with Crippen LogP contribution >= 0.6 is 27.5 Å². The van der Waals surface area contributed by atoms with Crippen molar-refractivity contribution in [2.24, 2.45) is 0 Å². The maximum atomic E-state index is 12.3. The second-order valence-electron chi connectivity index (χ2n) is 5.59. The first-order chi connectivity index (χ1) is 10.9. The van der Waals surface area contributed by atoms with Crippen molar-refractivity contribution in [2.45, 2.75) is 18.4 Å². The van der Waals surface area contributed by atoms with Gasteiger partial charge in [-0.3, -0.25) is 0 Å². The van der Waals surface area contributed by atoms with E-state index in [1.165, 1.54) is 5.41 Å². The lowest BCUT2D eigenvalue weighted by molar-refractivity contribution is 0.560. The van der Waals surface area contributed by atoms with Gasteiger partial charge >= 0.3 is 0 Å². The van der Waals surface area contributed by atoms with Crippen LogP contribution in [-0.4, -0.2) is 8.42 Å². The summed E-state index contributed by atoms with van der Waals surface area (Å²) < 4.78 is 28.4. The van der Waals surface area contributed by atoms with Crippen molar-refractivity contribution in [3.8, 4) is 0 Å². The number of hydrogen-bond acceptors (Lipinski definition) is 2. The summed E-state index contributed by atoms with van der Waals surface area (Å²) in [5.41, 5.74) is 1.31. The third-order valence-electron chi connectivity index (χ3n) is 3.79. The zero-order valence-electron chi connectivity index (χ0n) is 12.2. The molecule has 3 nitrogen and oxygen atoms in total. The third-order valence-corrected chi connectivity index (χ3v) is 5.74. The van der Waals surface area contributed by atoms with Gasteiger partial charge in [-0.15, -0.1) is 0 Å². The summed E-state index contributed by atoms with van der Waals surface area (Å²) in [7, 11) is -3.52. The molecule has 2 aromatic rings. The van der Waals surface area contributed by atoms with Crippen molar-refractivity contribution < 1.29 is 8.42 Å². The number of benzene rings is 2. The lowest BCUT2D eigenvalue weighted by Crippen LogP contribution is -2.33. The first kappa shape index (κ1) is 16.7. The summed E-state index contributed by atoms with van der Waals surface area (Å²) >= 11 is 9.21. The molecule has 120 valence electrons. The average molecular weight is 413 g/mol. The zero-order valence-corrected chi connectivity index (χ0v) is 15.3. The minimum atomic E-state index is -3.52. The Morgan fingerprint density at radius 1 is 1.04 bits per heavy atom. The summed E-state index contributed by atoms with van der Waals surface area (Å²) in [5.74, 6) is 0. The van der Waals surface area contributed by atoms with Crippen molar-refractivity contribution in [3.05, 3.63) is 74.6 Å². The Morgan fingerprint density at radius 3 is 2.22 bits per heavy atom. The fourth-order valence-electron chi connectivity index (χ4n) is 2.39. The maximum Gasteiger partial charge on any atom is 0.234 e. The van der Waals surface area contributed by atoms with E-state index in [-0.39, 0.29) is 0 Å². The molecular formula is C17H15BrClNO2S. The van der Waals surface area contributed by atoms with Crippen molar-refractivity contribution in [3.63, 3.8) is 0 Å². The summed E-state index contributed by atoms with van der Waals surface area (Å²) in [6.45, 7) is 0. The highest BCUT2D eigenvalue weighted by Crippen LogP contribution is 2.46. The van der Waals surface area contributed by atoms with Crippen LogP contribution in [0.2, 0.25) is 5.02 Å². The number of sulfonamides is 1. The van der Waals surface area contributed by atoms with Crippen molar-refractivity contribution in [2.75, 3.05) is 0 Å². The molecule has 2 aromatic carbocycles. The fraction of sp³-hybridized carbons (Fsp3) is 0.176. The molecule has 0 amide bonds.